The van der Waals surface area contributed by atoms with Gasteiger partial charge in [0.2, 0.25) is 0 Å². The van der Waals surface area contributed by atoms with E-state index < -0.39 is 0 Å². The van der Waals surface area contributed by atoms with Crippen molar-refractivity contribution in [2.75, 3.05) is 21.3 Å². The predicted octanol–water partition coefficient (Wildman–Crippen LogP) is 6.03. The summed E-state index contributed by atoms with van der Waals surface area (Å²) in [6, 6.07) is 22.1. The van der Waals surface area contributed by atoms with Crippen molar-refractivity contribution in [3.05, 3.63) is 77.9 Å². The van der Waals surface area contributed by atoms with Gasteiger partial charge in [-0.25, -0.2) is 0 Å². The lowest BCUT2D eigenvalue weighted by molar-refractivity contribution is 0.414. The van der Waals surface area contributed by atoms with E-state index in [1.807, 2.05) is 48.5 Å². The van der Waals surface area contributed by atoms with Crippen molar-refractivity contribution < 1.29 is 14.2 Å². The SMILES string of the molecule is COc1ccc(C=Cc2c(-c3ccc(OC)cc3)[nH]c3c(OC)cccc23)cc1. The Morgan fingerprint density at radius 2 is 1.34 bits per heavy atom. The zero-order chi connectivity index (χ0) is 20.2. The number of aromatic amines is 1. The van der Waals surface area contributed by atoms with Crippen LogP contribution in [0.3, 0.4) is 0 Å². The average Bonchev–Trinajstić information content (AvgIpc) is 3.16. The quantitative estimate of drug-likeness (QED) is 0.441. The van der Waals surface area contributed by atoms with E-state index in [1.165, 1.54) is 0 Å². The summed E-state index contributed by atoms with van der Waals surface area (Å²) in [7, 11) is 5.03. The first-order valence-electron chi connectivity index (χ1n) is 9.38. The van der Waals surface area contributed by atoms with E-state index in [9.17, 15) is 0 Å². The van der Waals surface area contributed by atoms with Gasteiger partial charge in [-0.1, -0.05) is 36.4 Å². The molecule has 1 aromatic heterocycles. The number of para-hydroxylation sites is 1. The zero-order valence-electron chi connectivity index (χ0n) is 16.7. The number of benzene rings is 3. The maximum absolute atomic E-state index is 5.57. The molecule has 29 heavy (non-hydrogen) atoms. The maximum atomic E-state index is 5.57. The third-order valence-electron chi connectivity index (χ3n) is 4.99. The minimum atomic E-state index is 0.821. The fourth-order valence-corrected chi connectivity index (χ4v) is 3.43. The number of hydrogen-bond acceptors (Lipinski definition) is 3. The summed E-state index contributed by atoms with van der Waals surface area (Å²) < 4.78 is 16.1. The van der Waals surface area contributed by atoms with E-state index in [2.05, 4.69) is 35.3 Å². The highest BCUT2D eigenvalue weighted by Crippen LogP contribution is 2.36. The monoisotopic (exact) mass is 385 g/mol. The number of ether oxygens (including phenoxy) is 3. The van der Waals surface area contributed by atoms with Gasteiger partial charge in [0.25, 0.3) is 0 Å². The second-order valence-electron chi connectivity index (χ2n) is 6.63. The lowest BCUT2D eigenvalue weighted by Gasteiger charge is -2.04. The van der Waals surface area contributed by atoms with Gasteiger partial charge in [-0.3, -0.25) is 0 Å². The Morgan fingerprint density at radius 3 is 1.97 bits per heavy atom. The summed E-state index contributed by atoms with van der Waals surface area (Å²) in [4.78, 5) is 3.55. The highest BCUT2D eigenvalue weighted by Gasteiger charge is 2.14. The Bertz CT molecular complexity index is 1140. The van der Waals surface area contributed by atoms with E-state index in [0.29, 0.717) is 0 Å². The van der Waals surface area contributed by atoms with Crippen LogP contribution in [-0.2, 0) is 0 Å². The molecule has 0 amide bonds. The van der Waals surface area contributed by atoms with Crippen LogP contribution in [0, 0.1) is 0 Å². The molecule has 0 saturated carbocycles. The van der Waals surface area contributed by atoms with E-state index in [1.54, 1.807) is 21.3 Å². The fraction of sp³-hybridized carbons (Fsp3) is 0.120. The van der Waals surface area contributed by atoms with Crippen molar-refractivity contribution in [3.63, 3.8) is 0 Å². The number of H-pyrrole nitrogens is 1. The number of nitrogens with one attached hydrogen (secondary N) is 1. The van der Waals surface area contributed by atoms with Crippen molar-refractivity contribution in [1.29, 1.82) is 0 Å². The van der Waals surface area contributed by atoms with Gasteiger partial charge in [0.15, 0.2) is 0 Å². The highest BCUT2D eigenvalue weighted by molar-refractivity contribution is 6.01. The molecule has 0 radical (unpaired) electrons. The van der Waals surface area contributed by atoms with E-state index in [0.717, 1.165) is 50.5 Å². The third kappa shape index (κ3) is 3.69. The molecule has 0 aliphatic rings. The van der Waals surface area contributed by atoms with Crippen LogP contribution in [0.15, 0.2) is 66.7 Å². The normalized spacial score (nSPS) is 11.1. The topological polar surface area (TPSA) is 43.5 Å². The molecule has 0 spiro atoms. The van der Waals surface area contributed by atoms with Gasteiger partial charge in [0, 0.05) is 10.9 Å². The minimum absolute atomic E-state index is 0.821. The van der Waals surface area contributed by atoms with Crippen molar-refractivity contribution in [2.45, 2.75) is 0 Å². The fourth-order valence-electron chi connectivity index (χ4n) is 3.43. The van der Waals surface area contributed by atoms with Gasteiger partial charge in [-0.05, 0) is 53.6 Å². The molecule has 1 N–H and O–H groups in total. The lowest BCUT2D eigenvalue weighted by atomic mass is 10.0. The van der Waals surface area contributed by atoms with Gasteiger partial charge in [-0.15, -0.1) is 0 Å². The average molecular weight is 385 g/mol. The first kappa shape index (κ1) is 18.7. The van der Waals surface area contributed by atoms with Crippen molar-refractivity contribution in [1.82, 2.24) is 4.98 Å². The van der Waals surface area contributed by atoms with E-state index in [-0.39, 0.29) is 0 Å². The molecule has 0 atom stereocenters. The minimum Gasteiger partial charge on any atom is -0.497 e. The first-order chi connectivity index (χ1) is 14.2. The molecule has 0 saturated heterocycles. The number of aromatic nitrogens is 1. The zero-order valence-corrected chi connectivity index (χ0v) is 16.7. The van der Waals surface area contributed by atoms with Crippen LogP contribution in [0.25, 0.3) is 34.3 Å². The molecule has 0 aliphatic heterocycles. The first-order valence-corrected chi connectivity index (χ1v) is 9.38. The maximum Gasteiger partial charge on any atom is 0.142 e. The number of fused-ring (bicyclic) bond motifs is 1. The van der Waals surface area contributed by atoms with Gasteiger partial charge in [0.1, 0.15) is 17.2 Å². The Labute approximate surface area is 170 Å². The Hall–Kier alpha value is -3.66. The standard InChI is InChI=1S/C25H23NO3/c1-27-19-12-7-17(8-13-19)9-16-22-21-5-4-6-23(29-3)25(21)26-24(22)18-10-14-20(28-2)15-11-18/h4-16,26H,1-3H3. The Morgan fingerprint density at radius 1 is 0.690 bits per heavy atom. The number of methoxy groups -OCH3 is 3. The molecule has 4 heteroatoms. The second-order valence-corrected chi connectivity index (χ2v) is 6.63. The summed E-state index contributed by atoms with van der Waals surface area (Å²) in [6.45, 7) is 0. The van der Waals surface area contributed by atoms with Crippen LogP contribution in [0.4, 0.5) is 0 Å². The van der Waals surface area contributed by atoms with E-state index in [4.69, 9.17) is 14.2 Å². The van der Waals surface area contributed by atoms with Gasteiger partial charge >= 0.3 is 0 Å². The molecule has 4 rings (SSSR count). The molecule has 4 aromatic rings. The molecular formula is C25H23NO3. The van der Waals surface area contributed by atoms with Gasteiger partial charge in [0.05, 0.1) is 32.5 Å². The molecule has 0 aliphatic carbocycles. The van der Waals surface area contributed by atoms with Crippen LogP contribution < -0.4 is 14.2 Å². The number of hydrogen-bond donors (Lipinski definition) is 1. The lowest BCUT2D eigenvalue weighted by Crippen LogP contribution is -1.85. The Kier molecular flexibility index (Phi) is 5.25. The number of rotatable bonds is 6. The van der Waals surface area contributed by atoms with Crippen molar-refractivity contribution in [3.8, 4) is 28.5 Å². The summed E-state index contributed by atoms with van der Waals surface area (Å²) in [5.41, 5.74) is 5.31. The highest BCUT2D eigenvalue weighted by atomic mass is 16.5. The summed E-state index contributed by atoms with van der Waals surface area (Å²) in [5.74, 6) is 2.50. The third-order valence-corrected chi connectivity index (χ3v) is 4.99. The van der Waals surface area contributed by atoms with Crippen molar-refractivity contribution in [2.24, 2.45) is 0 Å². The van der Waals surface area contributed by atoms with Gasteiger partial charge in [-0.2, -0.15) is 0 Å². The van der Waals surface area contributed by atoms with E-state index >= 15 is 0 Å². The van der Waals surface area contributed by atoms with Crippen molar-refractivity contribution >= 4 is 23.1 Å². The smallest absolute Gasteiger partial charge is 0.142 e. The second kappa shape index (κ2) is 8.15. The van der Waals surface area contributed by atoms with Crippen LogP contribution in [0.2, 0.25) is 0 Å². The molecule has 1 heterocycles. The predicted molar refractivity (Wildman–Crippen MR) is 119 cm³/mol. The molecule has 0 bridgehead atoms. The molecule has 3 aromatic carbocycles. The van der Waals surface area contributed by atoms with Crippen LogP contribution in [-0.4, -0.2) is 26.3 Å². The molecule has 0 unspecified atom stereocenters. The largest absolute Gasteiger partial charge is 0.497 e. The molecule has 4 nitrogen and oxygen atoms in total. The van der Waals surface area contributed by atoms with Crippen LogP contribution in [0.5, 0.6) is 17.2 Å². The summed E-state index contributed by atoms with van der Waals surface area (Å²) in [5, 5.41) is 1.11. The van der Waals surface area contributed by atoms with Crippen LogP contribution in [0.1, 0.15) is 11.1 Å². The molecule has 0 fully saturated rings. The molecule has 146 valence electrons. The summed E-state index contributed by atoms with van der Waals surface area (Å²) >= 11 is 0. The Balaban J connectivity index is 1.83. The summed E-state index contributed by atoms with van der Waals surface area (Å²) in [6.07, 6.45) is 4.24. The van der Waals surface area contributed by atoms with Gasteiger partial charge < -0.3 is 19.2 Å². The molecular weight excluding hydrogens is 362 g/mol. The van der Waals surface area contributed by atoms with Crippen LogP contribution >= 0.6 is 0 Å².